The van der Waals surface area contributed by atoms with E-state index in [4.69, 9.17) is 14.1 Å². The molecule has 6 rings (SSSR count). The fourth-order valence-corrected chi connectivity index (χ4v) is 3.91. The van der Waals surface area contributed by atoms with Gasteiger partial charge in [0.05, 0.1) is 5.69 Å². The largest absolute Gasteiger partial charge is 0.452 e. The molecule has 0 atom stereocenters. The highest BCUT2D eigenvalue weighted by atomic mass is 16.5. The number of aromatic nitrogens is 1. The molecular formula is C27H17NO2. The second kappa shape index (κ2) is 6.75. The average molecular weight is 387 g/mol. The number of benzene rings is 4. The van der Waals surface area contributed by atoms with Gasteiger partial charge in [0, 0.05) is 21.7 Å². The molecule has 3 nitrogen and oxygen atoms in total. The number of furan rings is 1. The summed E-state index contributed by atoms with van der Waals surface area (Å²) < 4.78 is 12.5. The van der Waals surface area contributed by atoms with Crippen LogP contribution in [0.15, 0.2) is 108 Å². The maximum Gasteiger partial charge on any atom is 0.227 e. The van der Waals surface area contributed by atoms with Gasteiger partial charge in [-0.2, -0.15) is 0 Å². The molecule has 0 aliphatic carbocycles. The van der Waals surface area contributed by atoms with E-state index in [1.807, 2.05) is 66.7 Å². The molecule has 0 saturated carbocycles. The molecule has 2 aromatic heterocycles. The summed E-state index contributed by atoms with van der Waals surface area (Å²) >= 11 is 0. The van der Waals surface area contributed by atoms with Gasteiger partial charge in [-0.1, -0.05) is 78.9 Å². The van der Waals surface area contributed by atoms with Gasteiger partial charge in [0.1, 0.15) is 5.58 Å². The van der Waals surface area contributed by atoms with Crippen LogP contribution in [0.1, 0.15) is 0 Å². The van der Waals surface area contributed by atoms with E-state index in [1.54, 1.807) is 0 Å². The Hall–Kier alpha value is -4.11. The van der Waals surface area contributed by atoms with Gasteiger partial charge in [-0.3, -0.25) is 0 Å². The summed E-state index contributed by atoms with van der Waals surface area (Å²) in [5.74, 6) is 1.23. The predicted octanol–water partition coefficient (Wildman–Crippen LogP) is 7.59. The van der Waals surface area contributed by atoms with Crippen molar-refractivity contribution in [1.82, 2.24) is 4.98 Å². The minimum absolute atomic E-state index is 0.569. The third-order valence-electron chi connectivity index (χ3n) is 5.35. The second-order valence-corrected chi connectivity index (χ2v) is 7.23. The fourth-order valence-electron chi connectivity index (χ4n) is 3.91. The molecule has 142 valence electrons. The first-order valence-corrected chi connectivity index (χ1v) is 9.90. The van der Waals surface area contributed by atoms with E-state index < -0.39 is 0 Å². The minimum atomic E-state index is 0.569. The first-order valence-electron chi connectivity index (χ1n) is 9.90. The number of hydrogen-bond donors (Lipinski definition) is 0. The van der Waals surface area contributed by atoms with Crippen molar-refractivity contribution in [2.24, 2.45) is 0 Å². The Kier molecular flexibility index (Phi) is 3.78. The molecule has 0 amide bonds. The monoisotopic (exact) mass is 387 g/mol. The van der Waals surface area contributed by atoms with Gasteiger partial charge in [0.15, 0.2) is 11.3 Å². The van der Waals surface area contributed by atoms with Crippen molar-refractivity contribution in [3.63, 3.8) is 0 Å². The fraction of sp³-hybridized carbons (Fsp3) is 0. The molecule has 0 spiro atoms. The third-order valence-corrected chi connectivity index (χ3v) is 5.35. The molecule has 0 fully saturated rings. The Labute approximate surface area is 173 Å². The Morgan fingerprint density at radius 2 is 1.37 bits per heavy atom. The number of nitrogens with zero attached hydrogens (tertiary/aromatic N) is 1. The number of ether oxygens (including phenoxy) is 1. The summed E-state index contributed by atoms with van der Waals surface area (Å²) in [7, 11) is 0. The molecule has 6 aromatic rings. The van der Waals surface area contributed by atoms with E-state index in [-0.39, 0.29) is 0 Å². The van der Waals surface area contributed by atoms with Crippen LogP contribution >= 0.6 is 0 Å². The molecule has 4 aromatic carbocycles. The molecule has 3 heteroatoms. The van der Waals surface area contributed by atoms with Crippen LogP contribution < -0.4 is 4.74 Å². The molecule has 0 radical (unpaired) electrons. The van der Waals surface area contributed by atoms with E-state index in [0.717, 1.165) is 44.0 Å². The molecule has 0 N–H and O–H groups in total. The Morgan fingerprint density at radius 3 is 2.27 bits per heavy atom. The zero-order valence-corrected chi connectivity index (χ0v) is 16.1. The highest BCUT2D eigenvalue weighted by Crippen LogP contribution is 2.38. The van der Waals surface area contributed by atoms with Gasteiger partial charge in [-0.05, 0) is 29.7 Å². The van der Waals surface area contributed by atoms with Crippen molar-refractivity contribution in [2.75, 3.05) is 0 Å². The van der Waals surface area contributed by atoms with Crippen LogP contribution in [0.4, 0.5) is 0 Å². The highest BCUT2D eigenvalue weighted by Gasteiger charge is 2.15. The standard InChI is InChI=1S/C27H17NO2/c1-2-9-18(10-3-1)23-17-19-11-4-5-12-20(19)27(28-23)30-25-16-8-14-22-21-13-6-7-15-24(21)29-26(22)25/h1-17H. The Morgan fingerprint density at radius 1 is 0.633 bits per heavy atom. The molecule has 0 aliphatic heterocycles. The molecule has 0 aliphatic rings. The van der Waals surface area contributed by atoms with Gasteiger partial charge in [0.25, 0.3) is 0 Å². The number of hydrogen-bond acceptors (Lipinski definition) is 3. The lowest BCUT2D eigenvalue weighted by atomic mass is 10.1. The van der Waals surface area contributed by atoms with Crippen molar-refractivity contribution in [3.8, 4) is 22.9 Å². The molecule has 0 saturated heterocycles. The van der Waals surface area contributed by atoms with Crippen molar-refractivity contribution in [2.45, 2.75) is 0 Å². The average Bonchev–Trinajstić information content (AvgIpc) is 3.19. The van der Waals surface area contributed by atoms with Gasteiger partial charge in [0.2, 0.25) is 5.88 Å². The number of rotatable bonds is 3. The van der Waals surface area contributed by atoms with Crippen LogP contribution in [-0.2, 0) is 0 Å². The lowest BCUT2D eigenvalue weighted by molar-refractivity contribution is 0.464. The van der Waals surface area contributed by atoms with Crippen LogP contribution in [-0.4, -0.2) is 4.98 Å². The Balaban J connectivity index is 1.55. The SMILES string of the molecule is c1ccc(-c2cc3ccccc3c(Oc3cccc4c3oc3ccccc34)n2)cc1. The predicted molar refractivity (Wildman–Crippen MR) is 121 cm³/mol. The minimum Gasteiger partial charge on any atom is -0.452 e. The highest BCUT2D eigenvalue weighted by molar-refractivity contribution is 6.06. The topological polar surface area (TPSA) is 35.3 Å². The summed E-state index contributed by atoms with van der Waals surface area (Å²) in [5.41, 5.74) is 3.50. The van der Waals surface area contributed by atoms with Gasteiger partial charge < -0.3 is 9.15 Å². The Bertz CT molecular complexity index is 1520. The third kappa shape index (κ3) is 2.72. The zero-order valence-electron chi connectivity index (χ0n) is 16.1. The van der Waals surface area contributed by atoms with Crippen LogP contribution in [0, 0.1) is 0 Å². The quantitative estimate of drug-likeness (QED) is 0.314. The van der Waals surface area contributed by atoms with E-state index in [9.17, 15) is 0 Å². The second-order valence-electron chi connectivity index (χ2n) is 7.23. The molecule has 0 unspecified atom stereocenters. The van der Waals surface area contributed by atoms with E-state index in [1.165, 1.54) is 0 Å². The van der Waals surface area contributed by atoms with Gasteiger partial charge in [-0.25, -0.2) is 4.98 Å². The van der Waals surface area contributed by atoms with E-state index in [0.29, 0.717) is 11.6 Å². The number of pyridine rings is 1. The maximum absolute atomic E-state index is 6.39. The lowest BCUT2D eigenvalue weighted by Gasteiger charge is -2.11. The number of para-hydroxylation sites is 2. The van der Waals surface area contributed by atoms with Crippen LogP contribution in [0.25, 0.3) is 44.0 Å². The van der Waals surface area contributed by atoms with Crippen LogP contribution in [0.2, 0.25) is 0 Å². The van der Waals surface area contributed by atoms with Crippen molar-refractivity contribution in [1.29, 1.82) is 0 Å². The first kappa shape index (κ1) is 16.8. The van der Waals surface area contributed by atoms with E-state index >= 15 is 0 Å². The summed E-state index contributed by atoms with van der Waals surface area (Å²) in [4.78, 5) is 4.86. The van der Waals surface area contributed by atoms with Crippen LogP contribution in [0.5, 0.6) is 11.6 Å². The van der Waals surface area contributed by atoms with Crippen molar-refractivity contribution >= 4 is 32.7 Å². The lowest BCUT2D eigenvalue weighted by Crippen LogP contribution is -1.93. The maximum atomic E-state index is 6.39. The molecule has 0 bridgehead atoms. The number of fused-ring (bicyclic) bond motifs is 4. The summed E-state index contributed by atoms with van der Waals surface area (Å²) in [5, 5.41) is 4.16. The van der Waals surface area contributed by atoms with Gasteiger partial charge in [-0.15, -0.1) is 0 Å². The zero-order chi connectivity index (χ0) is 19.9. The summed E-state index contributed by atoms with van der Waals surface area (Å²) in [6.45, 7) is 0. The normalized spacial score (nSPS) is 11.3. The van der Waals surface area contributed by atoms with Crippen molar-refractivity contribution in [3.05, 3.63) is 103 Å². The summed E-state index contributed by atoms with van der Waals surface area (Å²) in [6.07, 6.45) is 0. The molecule has 2 heterocycles. The van der Waals surface area contributed by atoms with Gasteiger partial charge >= 0.3 is 0 Å². The van der Waals surface area contributed by atoms with Crippen LogP contribution in [0.3, 0.4) is 0 Å². The summed E-state index contributed by atoms with van der Waals surface area (Å²) in [6, 6.07) is 34.4. The van der Waals surface area contributed by atoms with E-state index in [2.05, 4.69) is 36.4 Å². The molecular weight excluding hydrogens is 370 g/mol. The first-order chi connectivity index (χ1) is 14.9. The smallest absolute Gasteiger partial charge is 0.227 e. The van der Waals surface area contributed by atoms with Crippen molar-refractivity contribution < 1.29 is 9.15 Å². The molecule has 30 heavy (non-hydrogen) atoms.